The van der Waals surface area contributed by atoms with Crippen LogP contribution < -0.4 is 0 Å². The zero-order valence-corrected chi connectivity index (χ0v) is 11.7. The number of benzene rings is 1. The first-order valence-corrected chi connectivity index (χ1v) is 6.24. The zero-order valence-electron chi connectivity index (χ0n) is 11.7. The molecule has 0 heterocycles. The average molecular weight is 250 g/mol. The van der Waals surface area contributed by atoms with Gasteiger partial charge in [0.25, 0.3) is 0 Å². The SMILES string of the molecule is Cc1cc(C)c(C(O)C(C(=O)O)C(C)C)c(C)c1. The lowest BCUT2D eigenvalue weighted by molar-refractivity contribution is -0.148. The number of carboxylic acids is 1. The molecule has 0 aromatic heterocycles. The maximum Gasteiger partial charge on any atom is 0.309 e. The summed E-state index contributed by atoms with van der Waals surface area (Å²) >= 11 is 0. The predicted octanol–water partition coefficient (Wildman–Crippen LogP) is 3.00. The van der Waals surface area contributed by atoms with Gasteiger partial charge in [-0.2, -0.15) is 0 Å². The molecule has 2 unspecified atom stereocenters. The second-order valence-electron chi connectivity index (χ2n) is 5.37. The van der Waals surface area contributed by atoms with Crippen LogP contribution in [0.1, 0.15) is 42.2 Å². The molecule has 3 heteroatoms. The van der Waals surface area contributed by atoms with E-state index in [0.717, 1.165) is 22.3 Å². The van der Waals surface area contributed by atoms with Gasteiger partial charge in [-0.1, -0.05) is 31.5 Å². The first-order valence-electron chi connectivity index (χ1n) is 6.24. The van der Waals surface area contributed by atoms with Crippen molar-refractivity contribution in [3.8, 4) is 0 Å². The van der Waals surface area contributed by atoms with Gasteiger partial charge >= 0.3 is 5.97 Å². The van der Waals surface area contributed by atoms with E-state index in [2.05, 4.69) is 0 Å². The van der Waals surface area contributed by atoms with Crippen LogP contribution in [-0.2, 0) is 4.79 Å². The van der Waals surface area contributed by atoms with Gasteiger partial charge in [-0.15, -0.1) is 0 Å². The van der Waals surface area contributed by atoms with Crippen LogP contribution in [0.5, 0.6) is 0 Å². The fourth-order valence-corrected chi connectivity index (χ4v) is 2.62. The fourth-order valence-electron chi connectivity index (χ4n) is 2.62. The van der Waals surface area contributed by atoms with Gasteiger partial charge in [0.05, 0.1) is 12.0 Å². The standard InChI is InChI=1S/C15H22O3/c1-8(2)12(15(17)18)14(16)13-10(4)6-9(3)7-11(13)5/h6-8,12,14,16H,1-5H3,(H,17,18). The second-order valence-corrected chi connectivity index (χ2v) is 5.37. The summed E-state index contributed by atoms with van der Waals surface area (Å²) in [5.74, 6) is -1.83. The lowest BCUT2D eigenvalue weighted by Gasteiger charge is -2.25. The fraction of sp³-hybridized carbons (Fsp3) is 0.533. The van der Waals surface area contributed by atoms with E-state index in [1.54, 1.807) is 0 Å². The smallest absolute Gasteiger partial charge is 0.309 e. The molecule has 0 saturated carbocycles. The van der Waals surface area contributed by atoms with Gasteiger partial charge in [0.15, 0.2) is 0 Å². The van der Waals surface area contributed by atoms with Crippen molar-refractivity contribution >= 4 is 5.97 Å². The normalized spacial score (nSPS) is 14.6. The number of carboxylic acid groups (broad SMARTS) is 1. The van der Waals surface area contributed by atoms with Crippen molar-refractivity contribution in [2.45, 2.75) is 40.7 Å². The molecule has 0 radical (unpaired) electrons. The summed E-state index contributed by atoms with van der Waals surface area (Å²) in [7, 11) is 0. The summed E-state index contributed by atoms with van der Waals surface area (Å²) in [6.45, 7) is 9.46. The molecule has 0 saturated heterocycles. The number of aliphatic hydroxyl groups is 1. The minimum atomic E-state index is -0.955. The molecule has 1 rings (SSSR count). The number of aryl methyl sites for hydroxylation is 3. The van der Waals surface area contributed by atoms with E-state index in [9.17, 15) is 15.0 Å². The molecule has 1 aromatic rings. The first kappa shape index (κ1) is 14.7. The van der Waals surface area contributed by atoms with E-state index in [-0.39, 0.29) is 5.92 Å². The van der Waals surface area contributed by atoms with E-state index >= 15 is 0 Å². The highest BCUT2D eigenvalue weighted by atomic mass is 16.4. The highest BCUT2D eigenvalue weighted by molar-refractivity contribution is 5.71. The highest BCUT2D eigenvalue weighted by Crippen LogP contribution is 2.32. The van der Waals surface area contributed by atoms with Crippen LogP contribution in [0.3, 0.4) is 0 Å². The van der Waals surface area contributed by atoms with Gasteiger partial charge in [-0.25, -0.2) is 0 Å². The van der Waals surface area contributed by atoms with Crippen LogP contribution in [-0.4, -0.2) is 16.2 Å². The Labute approximate surface area is 108 Å². The highest BCUT2D eigenvalue weighted by Gasteiger charge is 2.32. The predicted molar refractivity (Wildman–Crippen MR) is 71.6 cm³/mol. The van der Waals surface area contributed by atoms with Crippen LogP contribution in [0.2, 0.25) is 0 Å². The molecule has 3 nitrogen and oxygen atoms in total. The maximum atomic E-state index is 11.3. The number of hydrogen-bond donors (Lipinski definition) is 2. The van der Waals surface area contributed by atoms with Crippen molar-refractivity contribution in [2.24, 2.45) is 11.8 Å². The quantitative estimate of drug-likeness (QED) is 0.863. The number of aliphatic carboxylic acids is 1. The average Bonchev–Trinajstić information content (AvgIpc) is 2.13. The molecule has 0 aliphatic carbocycles. The van der Waals surface area contributed by atoms with Gasteiger partial charge in [-0.3, -0.25) is 4.79 Å². The van der Waals surface area contributed by atoms with Gasteiger partial charge in [-0.05, 0) is 43.4 Å². The molecule has 0 aliphatic heterocycles. The molecule has 0 aliphatic rings. The molecular formula is C15H22O3. The Morgan fingerprint density at radius 2 is 1.56 bits per heavy atom. The Balaban J connectivity index is 3.25. The maximum absolute atomic E-state index is 11.3. The summed E-state index contributed by atoms with van der Waals surface area (Å²) in [6, 6.07) is 3.95. The number of aliphatic hydroxyl groups excluding tert-OH is 1. The number of hydrogen-bond acceptors (Lipinski definition) is 2. The molecular weight excluding hydrogens is 228 g/mol. The van der Waals surface area contributed by atoms with Crippen LogP contribution in [0.4, 0.5) is 0 Å². The van der Waals surface area contributed by atoms with Crippen LogP contribution >= 0.6 is 0 Å². The van der Waals surface area contributed by atoms with E-state index in [1.165, 1.54) is 0 Å². The Morgan fingerprint density at radius 3 is 1.89 bits per heavy atom. The summed E-state index contributed by atoms with van der Waals surface area (Å²) < 4.78 is 0. The molecule has 0 bridgehead atoms. The van der Waals surface area contributed by atoms with Crippen molar-refractivity contribution < 1.29 is 15.0 Å². The Morgan fingerprint density at radius 1 is 1.11 bits per heavy atom. The Kier molecular flexibility index (Phi) is 4.52. The van der Waals surface area contributed by atoms with Crippen molar-refractivity contribution in [1.29, 1.82) is 0 Å². The molecule has 2 atom stereocenters. The zero-order chi connectivity index (χ0) is 14.0. The van der Waals surface area contributed by atoms with E-state index < -0.39 is 18.0 Å². The van der Waals surface area contributed by atoms with E-state index in [1.807, 2.05) is 46.8 Å². The van der Waals surface area contributed by atoms with Crippen LogP contribution in [0.25, 0.3) is 0 Å². The minimum Gasteiger partial charge on any atom is -0.481 e. The van der Waals surface area contributed by atoms with Gasteiger partial charge in [0.1, 0.15) is 0 Å². The van der Waals surface area contributed by atoms with Crippen molar-refractivity contribution in [3.63, 3.8) is 0 Å². The third-order valence-electron chi connectivity index (χ3n) is 3.38. The Hall–Kier alpha value is -1.35. The van der Waals surface area contributed by atoms with Crippen molar-refractivity contribution in [1.82, 2.24) is 0 Å². The molecule has 18 heavy (non-hydrogen) atoms. The molecule has 100 valence electrons. The molecule has 0 fully saturated rings. The first-order chi connectivity index (χ1) is 8.25. The summed E-state index contributed by atoms with van der Waals surface area (Å²) in [6.07, 6.45) is -0.955. The summed E-state index contributed by atoms with van der Waals surface area (Å²) in [4.78, 5) is 11.3. The van der Waals surface area contributed by atoms with Gasteiger partial charge in [0.2, 0.25) is 0 Å². The van der Waals surface area contributed by atoms with E-state index in [0.29, 0.717) is 0 Å². The third-order valence-corrected chi connectivity index (χ3v) is 3.38. The molecule has 0 amide bonds. The third kappa shape index (κ3) is 2.91. The van der Waals surface area contributed by atoms with Crippen molar-refractivity contribution in [3.05, 3.63) is 34.4 Å². The topological polar surface area (TPSA) is 57.5 Å². The number of rotatable bonds is 4. The molecule has 2 N–H and O–H groups in total. The van der Waals surface area contributed by atoms with Gasteiger partial charge in [0, 0.05) is 0 Å². The lowest BCUT2D eigenvalue weighted by atomic mass is 9.83. The minimum absolute atomic E-state index is 0.113. The Bertz CT molecular complexity index is 426. The molecule has 1 aromatic carbocycles. The van der Waals surface area contributed by atoms with Gasteiger partial charge < -0.3 is 10.2 Å². The largest absolute Gasteiger partial charge is 0.481 e. The number of carbonyl (C=O) groups is 1. The van der Waals surface area contributed by atoms with Crippen LogP contribution in [0.15, 0.2) is 12.1 Å². The van der Waals surface area contributed by atoms with Crippen LogP contribution in [0, 0.1) is 32.6 Å². The van der Waals surface area contributed by atoms with Crippen molar-refractivity contribution in [2.75, 3.05) is 0 Å². The molecule has 0 spiro atoms. The lowest BCUT2D eigenvalue weighted by Crippen LogP contribution is -2.27. The van der Waals surface area contributed by atoms with E-state index in [4.69, 9.17) is 0 Å². The summed E-state index contributed by atoms with van der Waals surface area (Å²) in [5.41, 5.74) is 3.78. The summed E-state index contributed by atoms with van der Waals surface area (Å²) in [5, 5.41) is 19.6. The monoisotopic (exact) mass is 250 g/mol. The second kappa shape index (κ2) is 5.53.